The predicted molar refractivity (Wildman–Crippen MR) is 85.9 cm³/mol. The molecule has 21 heavy (non-hydrogen) atoms. The number of oxazole rings is 1. The second-order valence-corrected chi connectivity index (χ2v) is 5.76. The molecule has 3 aromatic rings. The van der Waals surface area contributed by atoms with Gasteiger partial charge in [0.2, 0.25) is 0 Å². The van der Waals surface area contributed by atoms with E-state index in [1.807, 2.05) is 0 Å². The van der Waals surface area contributed by atoms with Crippen molar-refractivity contribution in [3.8, 4) is 0 Å². The zero-order chi connectivity index (χ0) is 15.0. The molecule has 0 saturated heterocycles. The molecule has 0 aliphatic carbocycles. The fraction of sp³-hybridized carbons (Fsp3) is 0.0667. The van der Waals surface area contributed by atoms with Gasteiger partial charge in [-0.1, -0.05) is 11.6 Å². The number of carbonyl (C=O) groups excluding carboxylic acids is 1. The Morgan fingerprint density at radius 2 is 2.10 bits per heavy atom. The molecule has 3 rings (SSSR count). The molecule has 1 N–H and O–H groups in total. The summed E-state index contributed by atoms with van der Waals surface area (Å²) in [4.78, 5) is 16.4. The number of benzene rings is 2. The van der Waals surface area contributed by atoms with Gasteiger partial charge in [0.15, 0.2) is 11.5 Å². The smallest absolute Gasteiger partial charge is 0.255 e. The molecule has 4 nitrogen and oxygen atoms in total. The van der Waals surface area contributed by atoms with Gasteiger partial charge in [-0.25, -0.2) is 4.98 Å². The molecule has 0 unspecified atom stereocenters. The number of aryl methyl sites for hydroxylation is 1. The van der Waals surface area contributed by atoms with Crippen LogP contribution in [0.4, 0.5) is 5.69 Å². The molecule has 2 aromatic carbocycles. The van der Waals surface area contributed by atoms with Crippen molar-refractivity contribution < 1.29 is 9.21 Å². The van der Waals surface area contributed by atoms with Crippen LogP contribution in [0.5, 0.6) is 0 Å². The fourth-order valence-electron chi connectivity index (χ4n) is 1.96. The summed E-state index contributed by atoms with van der Waals surface area (Å²) in [5.41, 5.74) is 2.54. The number of anilines is 1. The summed E-state index contributed by atoms with van der Waals surface area (Å²) in [6.45, 7) is 1.78. The monoisotopic (exact) mass is 364 g/mol. The van der Waals surface area contributed by atoms with E-state index in [0.29, 0.717) is 33.3 Å². The van der Waals surface area contributed by atoms with Crippen molar-refractivity contribution in [2.24, 2.45) is 0 Å². The first-order valence-corrected chi connectivity index (χ1v) is 7.33. The van der Waals surface area contributed by atoms with Crippen LogP contribution in [0.2, 0.25) is 5.02 Å². The van der Waals surface area contributed by atoms with Crippen molar-refractivity contribution in [3.63, 3.8) is 0 Å². The molecule has 106 valence electrons. The zero-order valence-electron chi connectivity index (χ0n) is 11.0. The number of nitrogens with zero attached hydrogens (tertiary/aromatic N) is 1. The number of rotatable bonds is 2. The summed E-state index contributed by atoms with van der Waals surface area (Å²) in [6.07, 6.45) is 0. The van der Waals surface area contributed by atoms with E-state index in [1.165, 1.54) is 0 Å². The number of halogens is 2. The number of nitrogens with one attached hydrogen (secondary N) is 1. The Morgan fingerprint density at radius 3 is 2.86 bits per heavy atom. The van der Waals surface area contributed by atoms with Gasteiger partial charge in [-0.3, -0.25) is 4.79 Å². The molecule has 0 spiro atoms. The van der Waals surface area contributed by atoms with E-state index in [1.54, 1.807) is 43.3 Å². The highest BCUT2D eigenvalue weighted by Crippen LogP contribution is 2.24. The largest absolute Gasteiger partial charge is 0.441 e. The maximum atomic E-state index is 12.2. The Bertz CT molecular complexity index is 845. The molecule has 1 amide bonds. The maximum absolute atomic E-state index is 12.2. The average molecular weight is 366 g/mol. The first-order chi connectivity index (χ1) is 10.0. The third kappa shape index (κ3) is 2.94. The van der Waals surface area contributed by atoms with Crippen molar-refractivity contribution in [2.75, 3.05) is 5.32 Å². The summed E-state index contributed by atoms with van der Waals surface area (Å²) in [5, 5.41) is 3.30. The third-order valence-electron chi connectivity index (χ3n) is 2.93. The number of amides is 1. The molecule has 0 radical (unpaired) electrons. The Labute approximate surface area is 134 Å². The first-order valence-electron chi connectivity index (χ1n) is 6.16. The SMILES string of the molecule is Cc1nc2cc(NC(=O)c3ccc(Br)c(Cl)c3)ccc2o1. The van der Waals surface area contributed by atoms with Crippen molar-refractivity contribution in [2.45, 2.75) is 6.92 Å². The van der Waals surface area contributed by atoms with Crippen molar-refractivity contribution in [3.05, 3.63) is 57.3 Å². The zero-order valence-corrected chi connectivity index (χ0v) is 13.3. The number of hydrogen-bond donors (Lipinski definition) is 1. The Hall–Kier alpha value is -1.85. The van der Waals surface area contributed by atoms with Gasteiger partial charge in [0, 0.05) is 22.6 Å². The van der Waals surface area contributed by atoms with Gasteiger partial charge in [-0.05, 0) is 52.3 Å². The molecule has 0 fully saturated rings. The van der Waals surface area contributed by atoms with Crippen LogP contribution in [0, 0.1) is 6.92 Å². The quantitative estimate of drug-likeness (QED) is 0.709. The van der Waals surface area contributed by atoms with E-state index in [4.69, 9.17) is 16.0 Å². The lowest BCUT2D eigenvalue weighted by Crippen LogP contribution is -2.11. The summed E-state index contributed by atoms with van der Waals surface area (Å²) in [6, 6.07) is 10.4. The van der Waals surface area contributed by atoms with E-state index in [0.717, 1.165) is 4.47 Å². The van der Waals surface area contributed by atoms with Crippen LogP contribution in [0.1, 0.15) is 16.2 Å². The Morgan fingerprint density at radius 1 is 1.29 bits per heavy atom. The molecular weight excluding hydrogens is 356 g/mol. The Balaban J connectivity index is 1.86. The molecule has 0 atom stereocenters. The fourth-order valence-corrected chi connectivity index (χ4v) is 2.39. The third-order valence-corrected chi connectivity index (χ3v) is 4.17. The van der Waals surface area contributed by atoms with Gasteiger partial charge < -0.3 is 9.73 Å². The highest BCUT2D eigenvalue weighted by molar-refractivity contribution is 9.10. The van der Waals surface area contributed by atoms with Gasteiger partial charge >= 0.3 is 0 Å². The summed E-state index contributed by atoms with van der Waals surface area (Å²) < 4.78 is 6.15. The highest BCUT2D eigenvalue weighted by atomic mass is 79.9. The summed E-state index contributed by atoms with van der Waals surface area (Å²) in [5.74, 6) is 0.358. The van der Waals surface area contributed by atoms with E-state index >= 15 is 0 Å². The van der Waals surface area contributed by atoms with Crippen LogP contribution < -0.4 is 5.32 Å². The number of fused-ring (bicyclic) bond motifs is 1. The van der Waals surface area contributed by atoms with Gasteiger partial charge in [-0.2, -0.15) is 0 Å². The lowest BCUT2D eigenvalue weighted by Gasteiger charge is -2.06. The minimum atomic E-state index is -0.232. The minimum Gasteiger partial charge on any atom is -0.441 e. The van der Waals surface area contributed by atoms with Crippen LogP contribution in [-0.2, 0) is 0 Å². The van der Waals surface area contributed by atoms with Gasteiger partial charge in [0.25, 0.3) is 5.91 Å². The molecule has 0 aliphatic rings. The van der Waals surface area contributed by atoms with E-state index in [9.17, 15) is 4.79 Å². The van der Waals surface area contributed by atoms with Crippen LogP contribution in [-0.4, -0.2) is 10.9 Å². The molecule has 0 saturated carbocycles. The molecule has 0 aliphatic heterocycles. The molecule has 1 aromatic heterocycles. The topological polar surface area (TPSA) is 55.1 Å². The van der Waals surface area contributed by atoms with Crippen molar-refractivity contribution >= 4 is 50.2 Å². The molecular formula is C15H10BrClN2O2. The van der Waals surface area contributed by atoms with E-state index in [2.05, 4.69) is 26.2 Å². The minimum absolute atomic E-state index is 0.232. The number of hydrogen-bond acceptors (Lipinski definition) is 3. The van der Waals surface area contributed by atoms with Crippen LogP contribution in [0.25, 0.3) is 11.1 Å². The summed E-state index contributed by atoms with van der Waals surface area (Å²) >= 11 is 9.28. The standard InChI is InChI=1S/C15H10BrClN2O2/c1-8-18-13-7-10(3-5-14(13)21-8)19-15(20)9-2-4-11(16)12(17)6-9/h2-7H,1H3,(H,19,20). The van der Waals surface area contributed by atoms with Crippen LogP contribution >= 0.6 is 27.5 Å². The predicted octanol–water partition coefficient (Wildman–Crippen LogP) is 4.80. The second-order valence-electron chi connectivity index (χ2n) is 4.50. The van der Waals surface area contributed by atoms with Gasteiger partial charge in [-0.15, -0.1) is 0 Å². The number of aromatic nitrogens is 1. The van der Waals surface area contributed by atoms with Gasteiger partial charge in [0.05, 0.1) is 5.02 Å². The normalized spacial score (nSPS) is 10.8. The summed E-state index contributed by atoms with van der Waals surface area (Å²) in [7, 11) is 0. The first kappa shape index (κ1) is 14.1. The molecule has 6 heteroatoms. The lowest BCUT2D eigenvalue weighted by atomic mass is 10.2. The van der Waals surface area contributed by atoms with E-state index < -0.39 is 0 Å². The van der Waals surface area contributed by atoms with Crippen LogP contribution in [0.15, 0.2) is 45.3 Å². The van der Waals surface area contributed by atoms with Crippen molar-refractivity contribution in [1.82, 2.24) is 4.98 Å². The maximum Gasteiger partial charge on any atom is 0.255 e. The van der Waals surface area contributed by atoms with E-state index in [-0.39, 0.29) is 5.91 Å². The highest BCUT2D eigenvalue weighted by Gasteiger charge is 2.10. The second kappa shape index (κ2) is 5.50. The van der Waals surface area contributed by atoms with Crippen LogP contribution in [0.3, 0.4) is 0 Å². The van der Waals surface area contributed by atoms with Crippen molar-refractivity contribution in [1.29, 1.82) is 0 Å². The Kier molecular flexibility index (Phi) is 3.69. The average Bonchev–Trinajstić information content (AvgIpc) is 2.81. The number of carbonyl (C=O) groups is 1. The lowest BCUT2D eigenvalue weighted by molar-refractivity contribution is 0.102. The van der Waals surface area contributed by atoms with Gasteiger partial charge in [0.1, 0.15) is 5.52 Å². The molecule has 1 heterocycles. The molecule has 0 bridgehead atoms.